The van der Waals surface area contributed by atoms with E-state index in [0.717, 1.165) is 10.1 Å². The van der Waals surface area contributed by atoms with Gasteiger partial charge in [-0.3, -0.25) is 4.79 Å². The maximum Gasteiger partial charge on any atom is 0.261 e. The third-order valence-corrected chi connectivity index (χ3v) is 4.06. The Kier molecular flexibility index (Phi) is 4.94. The van der Waals surface area contributed by atoms with Crippen molar-refractivity contribution in [2.75, 3.05) is 33.1 Å². The predicted octanol–water partition coefficient (Wildman–Crippen LogP) is 1.87. The number of carbonyl (C=O) groups is 1. The van der Waals surface area contributed by atoms with E-state index in [9.17, 15) is 4.79 Å². The van der Waals surface area contributed by atoms with Crippen molar-refractivity contribution < 1.29 is 14.3 Å². The Morgan fingerprint density at radius 2 is 2.20 bits per heavy atom. The van der Waals surface area contributed by atoms with E-state index in [2.05, 4.69) is 5.32 Å². The Morgan fingerprint density at radius 1 is 1.40 bits per heavy atom. The number of amides is 1. The van der Waals surface area contributed by atoms with Crippen LogP contribution in [0.4, 0.5) is 5.69 Å². The third kappa shape index (κ3) is 3.47. The van der Waals surface area contributed by atoms with Crippen LogP contribution >= 0.6 is 11.3 Å². The van der Waals surface area contributed by atoms with Crippen LogP contribution in [0.1, 0.15) is 9.67 Å². The molecule has 20 heavy (non-hydrogen) atoms. The molecule has 5 nitrogen and oxygen atoms in total. The number of methoxy groups -OCH3 is 2. The largest absolute Gasteiger partial charge is 0.399 e. The molecule has 0 aliphatic carbocycles. The average molecular weight is 294 g/mol. The van der Waals surface area contributed by atoms with Crippen molar-refractivity contribution in [3.05, 3.63) is 29.1 Å². The van der Waals surface area contributed by atoms with Gasteiger partial charge in [0.05, 0.1) is 17.6 Å². The number of nitrogen functional groups attached to an aromatic ring is 1. The standard InChI is InChI=1S/C14H18N2O3S/c1-18-8-11(19-2)7-16-14(17)13-6-9-5-10(15)3-4-12(9)20-13/h3-6,11H,7-8,15H2,1-2H3,(H,16,17). The van der Waals surface area contributed by atoms with Gasteiger partial charge in [-0.05, 0) is 29.7 Å². The summed E-state index contributed by atoms with van der Waals surface area (Å²) in [6.45, 7) is 0.860. The highest BCUT2D eigenvalue weighted by Gasteiger charge is 2.13. The van der Waals surface area contributed by atoms with Gasteiger partial charge in [0.1, 0.15) is 0 Å². The quantitative estimate of drug-likeness (QED) is 0.798. The minimum atomic E-state index is -0.144. The molecule has 0 fully saturated rings. The van der Waals surface area contributed by atoms with Crippen molar-refractivity contribution in [1.82, 2.24) is 5.32 Å². The zero-order valence-corrected chi connectivity index (χ0v) is 12.3. The summed E-state index contributed by atoms with van der Waals surface area (Å²) in [4.78, 5) is 12.8. The number of benzene rings is 1. The minimum Gasteiger partial charge on any atom is -0.399 e. The van der Waals surface area contributed by atoms with Gasteiger partial charge in [0.25, 0.3) is 5.91 Å². The molecule has 0 aliphatic heterocycles. The van der Waals surface area contributed by atoms with E-state index in [0.29, 0.717) is 23.7 Å². The molecule has 1 aromatic carbocycles. The lowest BCUT2D eigenvalue weighted by atomic mass is 10.2. The second-order valence-electron chi connectivity index (χ2n) is 4.43. The van der Waals surface area contributed by atoms with Crippen LogP contribution in [0, 0.1) is 0 Å². The number of nitrogens with two attached hydrogens (primary N) is 1. The van der Waals surface area contributed by atoms with Gasteiger partial charge >= 0.3 is 0 Å². The van der Waals surface area contributed by atoms with Crippen LogP contribution in [-0.2, 0) is 9.47 Å². The summed E-state index contributed by atoms with van der Waals surface area (Å²) >= 11 is 1.45. The van der Waals surface area contributed by atoms with E-state index in [-0.39, 0.29) is 12.0 Å². The van der Waals surface area contributed by atoms with E-state index in [1.807, 2.05) is 24.3 Å². The molecular weight excluding hydrogens is 276 g/mol. The number of hydrogen-bond donors (Lipinski definition) is 2. The molecule has 1 amide bonds. The van der Waals surface area contributed by atoms with Crippen molar-refractivity contribution in [1.29, 1.82) is 0 Å². The first kappa shape index (κ1) is 14.8. The molecule has 1 atom stereocenters. The molecule has 6 heteroatoms. The number of hydrogen-bond acceptors (Lipinski definition) is 5. The first-order valence-electron chi connectivity index (χ1n) is 6.23. The van der Waals surface area contributed by atoms with Crippen molar-refractivity contribution in [2.45, 2.75) is 6.10 Å². The van der Waals surface area contributed by atoms with Gasteiger partial charge in [-0.1, -0.05) is 0 Å². The Balaban J connectivity index is 2.03. The molecule has 0 bridgehead atoms. The zero-order valence-electron chi connectivity index (χ0n) is 11.5. The summed E-state index contributed by atoms with van der Waals surface area (Å²) in [6, 6.07) is 7.48. The molecule has 0 saturated heterocycles. The highest BCUT2D eigenvalue weighted by molar-refractivity contribution is 7.20. The number of rotatable bonds is 6. The zero-order chi connectivity index (χ0) is 14.5. The smallest absolute Gasteiger partial charge is 0.261 e. The van der Waals surface area contributed by atoms with Gasteiger partial charge in [-0.2, -0.15) is 0 Å². The second kappa shape index (κ2) is 6.69. The molecule has 1 aromatic heterocycles. The lowest BCUT2D eigenvalue weighted by Gasteiger charge is -2.14. The van der Waals surface area contributed by atoms with Crippen LogP contribution in [0.5, 0.6) is 0 Å². The Labute approximate surface area is 121 Å². The first-order chi connectivity index (χ1) is 9.63. The van der Waals surface area contributed by atoms with Gasteiger partial charge in [0, 0.05) is 31.2 Å². The number of thiophene rings is 1. The van der Waals surface area contributed by atoms with Crippen molar-refractivity contribution >= 4 is 33.0 Å². The number of ether oxygens (including phenoxy) is 2. The predicted molar refractivity (Wildman–Crippen MR) is 81.2 cm³/mol. The number of anilines is 1. The van der Waals surface area contributed by atoms with Crippen LogP contribution in [0.25, 0.3) is 10.1 Å². The van der Waals surface area contributed by atoms with E-state index in [1.54, 1.807) is 14.2 Å². The summed E-state index contributed by atoms with van der Waals surface area (Å²) in [7, 11) is 3.20. The summed E-state index contributed by atoms with van der Waals surface area (Å²) in [5, 5.41) is 3.83. The maximum atomic E-state index is 12.1. The molecular formula is C14H18N2O3S. The van der Waals surface area contributed by atoms with Crippen LogP contribution in [0.3, 0.4) is 0 Å². The van der Waals surface area contributed by atoms with Gasteiger partial charge in [0.2, 0.25) is 0 Å². The summed E-state index contributed by atoms with van der Waals surface area (Å²) < 4.78 is 11.3. The Morgan fingerprint density at radius 3 is 2.90 bits per heavy atom. The average Bonchev–Trinajstić information content (AvgIpc) is 2.86. The van der Waals surface area contributed by atoms with E-state index in [1.165, 1.54) is 11.3 Å². The van der Waals surface area contributed by atoms with Gasteiger partial charge < -0.3 is 20.5 Å². The van der Waals surface area contributed by atoms with Crippen LogP contribution < -0.4 is 11.1 Å². The molecule has 1 unspecified atom stereocenters. The van der Waals surface area contributed by atoms with Crippen LogP contribution in [0.15, 0.2) is 24.3 Å². The fourth-order valence-electron chi connectivity index (χ4n) is 1.86. The molecule has 108 valence electrons. The van der Waals surface area contributed by atoms with E-state index < -0.39 is 0 Å². The van der Waals surface area contributed by atoms with Crippen molar-refractivity contribution in [2.24, 2.45) is 0 Å². The van der Waals surface area contributed by atoms with E-state index >= 15 is 0 Å². The molecule has 2 aromatic rings. The van der Waals surface area contributed by atoms with Crippen molar-refractivity contribution in [3.63, 3.8) is 0 Å². The third-order valence-electron chi connectivity index (χ3n) is 2.94. The molecule has 1 heterocycles. The normalized spacial score (nSPS) is 12.5. The molecule has 0 saturated carbocycles. The van der Waals surface area contributed by atoms with Crippen LogP contribution in [0.2, 0.25) is 0 Å². The topological polar surface area (TPSA) is 73.6 Å². The van der Waals surface area contributed by atoms with Gasteiger partial charge in [0.15, 0.2) is 0 Å². The molecule has 0 radical (unpaired) electrons. The van der Waals surface area contributed by atoms with Crippen molar-refractivity contribution in [3.8, 4) is 0 Å². The summed E-state index contributed by atoms with van der Waals surface area (Å²) in [5.74, 6) is -0.108. The summed E-state index contributed by atoms with van der Waals surface area (Å²) in [6.07, 6.45) is -0.144. The SMILES string of the molecule is COCC(CNC(=O)c1cc2cc(N)ccc2s1)OC. The highest BCUT2D eigenvalue weighted by Crippen LogP contribution is 2.27. The minimum absolute atomic E-state index is 0.108. The molecule has 0 aliphatic rings. The lowest BCUT2D eigenvalue weighted by Crippen LogP contribution is -2.35. The number of nitrogens with one attached hydrogen (secondary N) is 1. The second-order valence-corrected chi connectivity index (χ2v) is 5.51. The van der Waals surface area contributed by atoms with Crippen LogP contribution in [-0.4, -0.2) is 39.4 Å². The maximum absolute atomic E-state index is 12.1. The number of fused-ring (bicyclic) bond motifs is 1. The first-order valence-corrected chi connectivity index (χ1v) is 7.04. The Bertz CT molecular complexity index is 597. The van der Waals surface area contributed by atoms with Gasteiger partial charge in [-0.15, -0.1) is 11.3 Å². The summed E-state index contributed by atoms with van der Waals surface area (Å²) in [5.41, 5.74) is 6.43. The lowest BCUT2D eigenvalue weighted by molar-refractivity contribution is 0.0286. The molecule has 2 rings (SSSR count). The monoisotopic (exact) mass is 294 g/mol. The molecule has 0 spiro atoms. The molecule has 3 N–H and O–H groups in total. The van der Waals surface area contributed by atoms with Gasteiger partial charge in [-0.25, -0.2) is 0 Å². The Hall–Kier alpha value is -1.63. The number of carbonyl (C=O) groups excluding carboxylic acids is 1. The fraction of sp³-hybridized carbons (Fsp3) is 0.357. The van der Waals surface area contributed by atoms with E-state index in [4.69, 9.17) is 15.2 Å². The fourth-order valence-corrected chi connectivity index (χ4v) is 2.82. The highest BCUT2D eigenvalue weighted by atomic mass is 32.1.